The van der Waals surface area contributed by atoms with E-state index in [1.807, 2.05) is 38.1 Å². The molecule has 0 atom stereocenters. The highest BCUT2D eigenvalue weighted by Gasteiger charge is 2.08. The smallest absolute Gasteiger partial charge is 0.338 e. The second-order valence-corrected chi connectivity index (χ2v) is 5.37. The minimum absolute atomic E-state index is 0.113. The molecule has 1 heterocycles. The molecule has 1 N–H and O–H groups in total. The fourth-order valence-electron chi connectivity index (χ4n) is 1.64. The van der Waals surface area contributed by atoms with E-state index in [1.165, 1.54) is 0 Å². The number of hydrogen-bond donors (Lipinski definition) is 1. The molecular formula is C15H16BrNO3. The second-order valence-electron chi connectivity index (χ2n) is 4.59. The van der Waals surface area contributed by atoms with Crippen LogP contribution in [0.25, 0.3) is 0 Å². The summed E-state index contributed by atoms with van der Waals surface area (Å²) in [4.78, 5) is 11.7. The molecule has 0 amide bonds. The van der Waals surface area contributed by atoms with Gasteiger partial charge in [0, 0.05) is 5.69 Å². The first-order valence-corrected chi connectivity index (χ1v) is 7.13. The standard InChI is InChI=1S/C15H16BrNO3/c1-10(2)19-15(18)11-3-5-12(6-4-11)17-9-13-7-8-14(16)20-13/h3-8,10,17H,9H2,1-2H3. The lowest BCUT2D eigenvalue weighted by molar-refractivity contribution is 0.0378. The predicted molar refractivity (Wildman–Crippen MR) is 80.7 cm³/mol. The number of halogens is 1. The molecule has 0 fully saturated rings. The van der Waals surface area contributed by atoms with Gasteiger partial charge in [-0.3, -0.25) is 0 Å². The molecule has 1 aromatic heterocycles. The van der Waals surface area contributed by atoms with Crippen molar-refractivity contribution in [1.29, 1.82) is 0 Å². The van der Waals surface area contributed by atoms with Crippen molar-refractivity contribution in [2.75, 3.05) is 5.32 Å². The van der Waals surface area contributed by atoms with Crippen LogP contribution in [-0.4, -0.2) is 12.1 Å². The van der Waals surface area contributed by atoms with Crippen molar-refractivity contribution >= 4 is 27.6 Å². The molecule has 0 radical (unpaired) electrons. The third kappa shape index (κ3) is 4.13. The minimum Gasteiger partial charge on any atom is -0.459 e. The zero-order valence-corrected chi connectivity index (χ0v) is 12.9. The summed E-state index contributed by atoms with van der Waals surface area (Å²) in [5.41, 5.74) is 1.46. The highest BCUT2D eigenvalue weighted by molar-refractivity contribution is 9.10. The van der Waals surface area contributed by atoms with Crippen LogP contribution in [0.3, 0.4) is 0 Å². The molecule has 20 heavy (non-hydrogen) atoms. The number of nitrogens with one attached hydrogen (secondary N) is 1. The summed E-state index contributed by atoms with van der Waals surface area (Å²) in [5, 5.41) is 3.21. The lowest BCUT2D eigenvalue weighted by Gasteiger charge is -2.09. The van der Waals surface area contributed by atoms with E-state index in [4.69, 9.17) is 9.15 Å². The van der Waals surface area contributed by atoms with E-state index >= 15 is 0 Å². The minimum atomic E-state index is -0.304. The fourth-order valence-corrected chi connectivity index (χ4v) is 1.98. The zero-order valence-electron chi connectivity index (χ0n) is 11.4. The molecular weight excluding hydrogens is 322 g/mol. The molecule has 0 spiro atoms. The van der Waals surface area contributed by atoms with Gasteiger partial charge in [-0.05, 0) is 66.2 Å². The topological polar surface area (TPSA) is 51.5 Å². The number of benzene rings is 1. The van der Waals surface area contributed by atoms with Crippen LogP contribution in [0.1, 0.15) is 30.0 Å². The van der Waals surface area contributed by atoms with Gasteiger partial charge in [-0.15, -0.1) is 0 Å². The number of rotatable bonds is 5. The summed E-state index contributed by atoms with van der Waals surface area (Å²) >= 11 is 3.26. The molecule has 2 aromatic rings. The van der Waals surface area contributed by atoms with Crippen molar-refractivity contribution in [3.05, 3.63) is 52.4 Å². The first-order chi connectivity index (χ1) is 9.54. The van der Waals surface area contributed by atoms with Gasteiger partial charge in [0.15, 0.2) is 4.67 Å². The lowest BCUT2D eigenvalue weighted by atomic mass is 10.2. The largest absolute Gasteiger partial charge is 0.459 e. The van der Waals surface area contributed by atoms with Crippen LogP contribution in [0.4, 0.5) is 5.69 Å². The van der Waals surface area contributed by atoms with Gasteiger partial charge in [0.2, 0.25) is 0 Å². The quantitative estimate of drug-likeness (QED) is 0.830. The Balaban J connectivity index is 1.93. The van der Waals surface area contributed by atoms with E-state index in [9.17, 15) is 4.79 Å². The van der Waals surface area contributed by atoms with Crippen LogP contribution in [0.5, 0.6) is 0 Å². The zero-order chi connectivity index (χ0) is 14.5. The van der Waals surface area contributed by atoms with E-state index in [0.29, 0.717) is 16.8 Å². The van der Waals surface area contributed by atoms with Crippen molar-refractivity contribution in [1.82, 2.24) is 0 Å². The molecule has 0 saturated heterocycles. The van der Waals surface area contributed by atoms with Gasteiger partial charge in [0.25, 0.3) is 0 Å². The molecule has 5 heteroatoms. The molecule has 0 bridgehead atoms. The highest BCUT2D eigenvalue weighted by atomic mass is 79.9. The monoisotopic (exact) mass is 337 g/mol. The Kier molecular flexibility index (Phi) is 4.84. The van der Waals surface area contributed by atoms with Crippen LogP contribution in [0.15, 0.2) is 45.5 Å². The Bertz CT molecular complexity index is 575. The first kappa shape index (κ1) is 14.7. The summed E-state index contributed by atoms with van der Waals surface area (Å²) in [6.45, 7) is 4.24. The van der Waals surface area contributed by atoms with Gasteiger partial charge in [0.1, 0.15) is 5.76 Å². The maximum absolute atomic E-state index is 11.7. The molecule has 2 rings (SSSR count). The Hall–Kier alpha value is -1.75. The van der Waals surface area contributed by atoms with Gasteiger partial charge >= 0.3 is 5.97 Å². The molecule has 0 aliphatic heterocycles. The van der Waals surface area contributed by atoms with E-state index in [2.05, 4.69) is 21.2 Å². The summed E-state index contributed by atoms with van der Waals surface area (Å²) in [5.74, 6) is 0.529. The predicted octanol–water partition coefficient (Wildman–Crippen LogP) is 4.22. The summed E-state index contributed by atoms with van der Waals surface area (Å²) < 4.78 is 11.2. The molecule has 0 saturated carbocycles. The molecule has 4 nitrogen and oxygen atoms in total. The van der Waals surface area contributed by atoms with Crippen LogP contribution >= 0.6 is 15.9 Å². The lowest BCUT2D eigenvalue weighted by Crippen LogP contribution is -2.11. The van der Waals surface area contributed by atoms with E-state index < -0.39 is 0 Å². The SMILES string of the molecule is CC(C)OC(=O)c1ccc(NCc2ccc(Br)o2)cc1. The molecule has 0 unspecified atom stereocenters. The number of ether oxygens (including phenoxy) is 1. The third-order valence-corrected chi connectivity index (χ3v) is 2.99. The van der Waals surface area contributed by atoms with Crippen molar-refractivity contribution in [2.24, 2.45) is 0 Å². The summed E-state index contributed by atoms with van der Waals surface area (Å²) in [7, 11) is 0. The number of anilines is 1. The Labute approximate surface area is 126 Å². The van der Waals surface area contributed by atoms with Gasteiger partial charge in [-0.1, -0.05) is 0 Å². The molecule has 0 aliphatic carbocycles. The third-order valence-electron chi connectivity index (χ3n) is 2.56. The van der Waals surface area contributed by atoms with E-state index in [-0.39, 0.29) is 12.1 Å². The van der Waals surface area contributed by atoms with Crippen LogP contribution in [0, 0.1) is 0 Å². The second kappa shape index (κ2) is 6.61. The number of esters is 1. The van der Waals surface area contributed by atoms with Crippen LogP contribution in [0.2, 0.25) is 0 Å². The maximum Gasteiger partial charge on any atom is 0.338 e. The summed E-state index contributed by atoms with van der Waals surface area (Å²) in [6, 6.07) is 10.9. The average Bonchev–Trinajstić information content (AvgIpc) is 2.82. The fraction of sp³-hybridized carbons (Fsp3) is 0.267. The van der Waals surface area contributed by atoms with Gasteiger partial charge < -0.3 is 14.5 Å². The van der Waals surface area contributed by atoms with E-state index in [0.717, 1.165) is 11.4 Å². The normalized spacial score (nSPS) is 10.6. The highest BCUT2D eigenvalue weighted by Crippen LogP contribution is 2.16. The number of hydrogen-bond acceptors (Lipinski definition) is 4. The molecule has 0 aliphatic rings. The van der Waals surface area contributed by atoms with Crippen molar-refractivity contribution in [3.63, 3.8) is 0 Å². The van der Waals surface area contributed by atoms with Gasteiger partial charge in [0.05, 0.1) is 18.2 Å². The number of carbonyl (C=O) groups excluding carboxylic acids is 1. The van der Waals surface area contributed by atoms with Crippen LogP contribution < -0.4 is 5.32 Å². The van der Waals surface area contributed by atoms with Crippen molar-refractivity contribution < 1.29 is 13.9 Å². The van der Waals surface area contributed by atoms with Crippen LogP contribution in [-0.2, 0) is 11.3 Å². The Morgan fingerprint density at radius 3 is 2.50 bits per heavy atom. The average molecular weight is 338 g/mol. The van der Waals surface area contributed by atoms with Crippen molar-refractivity contribution in [2.45, 2.75) is 26.5 Å². The Morgan fingerprint density at radius 2 is 1.95 bits per heavy atom. The van der Waals surface area contributed by atoms with E-state index in [1.54, 1.807) is 12.1 Å². The summed E-state index contributed by atoms with van der Waals surface area (Å²) in [6.07, 6.45) is -0.113. The number of furan rings is 1. The maximum atomic E-state index is 11.7. The van der Waals surface area contributed by atoms with Gasteiger partial charge in [-0.25, -0.2) is 4.79 Å². The first-order valence-electron chi connectivity index (χ1n) is 6.34. The Morgan fingerprint density at radius 1 is 1.25 bits per heavy atom. The number of carbonyl (C=O) groups is 1. The van der Waals surface area contributed by atoms with Gasteiger partial charge in [-0.2, -0.15) is 0 Å². The molecule has 1 aromatic carbocycles. The molecule has 106 valence electrons. The van der Waals surface area contributed by atoms with Crippen molar-refractivity contribution in [3.8, 4) is 0 Å².